The van der Waals surface area contributed by atoms with Gasteiger partial charge in [-0.05, 0) is 18.4 Å². The van der Waals surface area contributed by atoms with Crippen LogP contribution in [0.4, 0.5) is 0 Å². The smallest absolute Gasteiger partial charge is 0.229 e. The van der Waals surface area contributed by atoms with Crippen molar-refractivity contribution in [3.63, 3.8) is 0 Å². The summed E-state index contributed by atoms with van der Waals surface area (Å²) in [7, 11) is 0. The summed E-state index contributed by atoms with van der Waals surface area (Å²) in [6.45, 7) is 1.26. The molecule has 100 valence electrons. The van der Waals surface area contributed by atoms with E-state index in [1.54, 1.807) is 0 Å². The van der Waals surface area contributed by atoms with Gasteiger partial charge in [-0.15, -0.1) is 0 Å². The van der Waals surface area contributed by atoms with Crippen LogP contribution < -0.4 is 0 Å². The van der Waals surface area contributed by atoms with Gasteiger partial charge in [-0.1, -0.05) is 30.3 Å². The largest absolute Gasteiger partial charge is 0.365 e. The lowest BCUT2D eigenvalue weighted by Crippen LogP contribution is -2.30. The fraction of sp³-hybridized carbons (Fsp3) is 0.467. The average molecular weight is 259 g/mol. The molecule has 0 aromatic heterocycles. The summed E-state index contributed by atoms with van der Waals surface area (Å²) in [5.41, 5.74) is 1.02. The molecule has 2 aliphatic rings. The Morgan fingerprint density at radius 1 is 1.11 bits per heavy atom. The van der Waals surface area contributed by atoms with Crippen molar-refractivity contribution in [1.29, 1.82) is 0 Å². The normalized spacial score (nSPS) is 26.0. The molecule has 0 aliphatic carbocycles. The van der Waals surface area contributed by atoms with Crippen LogP contribution in [0.1, 0.15) is 31.2 Å². The molecule has 0 N–H and O–H groups in total. The van der Waals surface area contributed by atoms with Crippen molar-refractivity contribution in [2.24, 2.45) is 0 Å². The molecule has 4 nitrogen and oxygen atoms in total. The number of amides is 2. The van der Waals surface area contributed by atoms with Gasteiger partial charge >= 0.3 is 0 Å². The van der Waals surface area contributed by atoms with Crippen molar-refractivity contribution in [2.45, 2.75) is 31.3 Å². The van der Waals surface area contributed by atoms with Gasteiger partial charge in [-0.25, -0.2) is 0 Å². The second kappa shape index (κ2) is 4.78. The third kappa shape index (κ3) is 2.40. The molecule has 1 aromatic rings. The zero-order chi connectivity index (χ0) is 13.3. The molecule has 2 amide bonds. The molecule has 2 heterocycles. The lowest BCUT2D eigenvalue weighted by atomic mass is 9.95. The van der Waals surface area contributed by atoms with Gasteiger partial charge in [0.15, 0.2) is 0 Å². The average Bonchev–Trinajstić information content (AvgIpc) is 3.16. The van der Waals surface area contributed by atoms with E-state index in [1.165, 1.54) is 10.5 Å². The Balaban J connectivity index is 1.56. The number of hydrogen-bond donors (Lipinski definition) is 0. The summed E-state index contributed by atoms with van der Waals surface area (Å²) >= 11 is 0. The SMILES string of the molecule is O=C1CCC(=O)N1CCCC1(c2ccccc2)CO1. The van der Waals surface area contributed by atoms with E-state index in [0.717, 1.165) is 19.4 Å². The van der Waals surface area contributed by atoms with Crippen LogP contribution in [0.15, 0.2) is 30.3 Å². The number of ether oxygens (including phenoxy) is 1. The number of nitrogens with zero attached hydrogens (tertiary/aromatic N) is 1. The van der Waals surface area contributed by atoms with Crippen LogP contribution in [0.5, 0.6) is 0 Å². The Kier molecular flexibility index (Phi) is 3.11. The molecule has 2 saturated heterocycles. The summed E-state index contributed by atoms with van der Waals surface area (Å²) in [4.78, 5) is 24.4. The molecule has 4 heteroatoms. The van der Waals surface area contributed by atoms with Gasteiger partial charge in [-0.2, -0.15) is 0 Å². The highest BCUT2D eigenvalue weighted by atomic mass is 16.6. The molecule has 19 heavy (non-hydrogen) atoms. The molecule has 1 atom stereocenters. The zero-order valence-electron chi connectivity index (χ0n) is 10.8. The maximum absolute atomic E-state index is 11.5. The molecule has 2 fully saturated rings. The highest BCUT2D eigenvalue weighted by Crippen LogP contribution is 2.42. The second-order valence-corrected chi connectivity index (χ2v) is 5.19. The van der Waals surface area contributed by atoms with Gasteiger partial charge in [-0.3, -0.25) is 14.5 Å². The van der Waals surface area contributed by atoms with Gasteiger partial charge in [0, 0.05) is 19.4 Å². The monoisotopic (exact) mass is 259 g/mol. The molecule has 2 aliphatic heterocycles. The topological polar surface area (TPSA) is 49.9 Å². The van der Waals surface area contributed by atoms with Gasteiger partial charge in [0.2, 0.25) is 11.8 Å². The minimum atomic E-state index is -0.174. The minimum absolute atomic E-state index is 0.0320. The van der Waals surface area contributed by atoms with E-state index in [-0.39, 0.29) is 17.4 Å². The molecule has 0 bridgehead atoms. The molecule has 1 unspecified atom stereocenters. The van der Waals surface area contributed by atoms with E-state index in [0.29, 0.717) is 19.4 Å². The lowest BCUT2D eigenvalue weighted by Gasteiger charge is -2.16. The first-order valence-electron chi connectivity index (χ1n) is 6.74. The van der Waals surface area contributed by atoms with Crippen molar-refractivity contribution >= 4 is 11.8 Å². The third-order valence-electron chi connectivity index (χ3n) is 3.91. The van der Waals surface area contributed by atoms with Gasteiger partial charge in [0.05, 0.1) is 6.61 Å². The summed E-state index contributed by atoms with van der Waals surface area (Å²) in [5, 5.41) is 0. The Hall–Kier alpha value is -1.68. The highest BCUT2D eigenvalue weighted by molar-refractivity contribution is 6.01. The maximum Gasteiger partial charge on any atom is 0.229 e. The number of likely N-dealkylation sites (tertiary alicyclic amines) is 1. The van der Waals surface area contributed by atoms with Crippen LogP contribution in [0.2, 0.25) is 0 Å². The van der Waals surface area contributed by atoms with E-state index >= 15 is 0 Å². The quantitative estimate of drug-likeness (QED) is 0.599. The molecular weight excluding hydrogens is 242 g/mol. The van der Waals surface area contributed by atoms with Crippen molar-refractivity contribution in [3.05, 3.63) is 35.9 Å². The van der Waals surface area contributed by atoms with Crippen LogP contribution in [0.25, 0.3) is 0 Å². The maximum atomic E-state index is 11.5. The van der Waals surface area contributed by atoms with Gasteiger partial charge in [0.25, 0.3) is 0 Å². The third-order valence-corrected chi connectivity index (χ3v) is 3.91. The summed E-state index contributed by atoms with van der Waals surface area (Å²) in [6.07, 6.45) is 2.40. The number of epoxide rings is 1. The van der Waals surface area contributed by atoms with Crippen molar-refractivity contribution < 1.29 is 14.3 Å². The first-order chi connectivity index (χ1) is 9.21. The van der Waals surface area contributed by atoms with Crippen LogP contribution in [0.3, 0.4) is 0 Å². The number of hydrogen-bond acceptors (Lipinski definition) is 3. The number of imide groups is 1. The highest BCUT2D eigenvalue weighted by Gasteiger charge is 2.45. The van der Waals surface area contributed by atoms with E-state index in [2.05, 4.69) is 12.1 Å². The number of carbonyl (C=O) groups excluding carboxylic acids is 2. The van der Waals surface area contributed by atoms with E-state index in [1.807, 2.05) is 18.2 Å². The Morgan fingerprint density at radius 3 is 2.32 bits per heavy atom. The summed E-state index contributed by atoms with van der Waals surface area (Å²) < 4.78 is 5.61. The first kappa shape index (κ1) is 12.4. The zero-order valence-corrected chi connectivity index (χ0v) is 10.8. The second-order valence-electron chi connectivity index (χ2n) is 5.19. The number of rotatable bonds is 5. The van der Waals surface area contributed by atoms with Crippen LogP contribution in [-0.2, 0) is 19.9 Å². The Morgan fingerprint density at radius 2 is 1.74 bits per heavy atom. The fourth-order valence-electron chi connectivity index (χ4n) is 2.68. The fourth-order valence-corrected chi connectivity index (χ4v) is 2.68. The first-order valence-corrected chi connectivity index (χ1v) is 6.74. The van der Waals surface area contributed by atoms with E-state index in [9.17, 15) is 9.59 Å². The van der Waals surface area contributed by atoms with Crippen molar-refractivity contribution in [1.82, 2.24) is 4.90 Å². The summed E-state index contributed by atoms with van der Waals surface area (Å²) in [5.74, 6) is -0.0639. The van der Waals surface area contributed by atoms with Crippen LogP contribution in [0, 0.1) is 0 Å². The standard InChI is InChI=1S/C15H17NO3/c17-13-7-8-14(18)16(13)10-4-9-15(11-19-15)12-5-2-1-3-6-12/h1-3,5-6H,4,7-11H2. The number of benzene rings is 1. The lowest BCUT2D eigenvalue weighted by molar-refractivity contribution is -0.138. The van der Waals surface area contributed by atoms with Gasteiger partial charge in [0.1, 0.15) is 5.60 Å². The molecule has 0 saturated carbocycles. The van der Waals surface area contributed by atoms with Crippen LogP contribution in [-0.4, -0.2) is 29.9 Å². The van der Waals surface area contributed by atoms with Gasteiger partial charge < -0.3 is 4.74 Å². The Labute approximate surface area is 112 Å². The predicted molar refractivity (Wildman–Crippen MR) is 69.3 cm³/mol. The Bertz CT molecular complexity index is 477. The van der Waals surface area contributed by atoms with E-state index in [4.69, 9.17) is 4.74 Å². The minimum Gasteiger partial charge on any atom is -0.365 e. The summed E-state index contributed by atoms with van der Waals surface area (Å²) in [6, 6.07) is 10.1. The molecule has 1 aromatic carbocycles. The van der Waals surface area contributed by atoms with Crippen molar-refractivity contribution in [3.8, 4) is 0 Å². The molecule has 3 rings (SSSR count). The molecule has 0 spiro atoms. The van der Waals surface area contributed by atoms with E-state index < -0.39 is 0 Å². The van der Waals surface area contributed by atoms with Crippen LogP contribution >= 0.6 is 0 Å². The number of carbonyl (C=O) groups is 2. The molecular formula is C15H17NO3. The molecule has 0 radical (unpaired) electrons. The van der Waals surface area contributed by atoms with Crippen molar-refractivity contribution in [2.75, 3.05) is 13.2 Å². The predicted octanol–water partition coefficient (Wildman–Crippen LogP) is 1.84.